The highest BCUT2D eigenvalue weighted by molar-refractivity contribution is 6.06. The van der Waals surface area contributed by atoms with Crippen LogP contribution in [0.25, 0.3) is 0 Å². The normalized spacial score (nSPS) is 13.4. The fraction of sp³-hybridized carbons (Fsp3) is 0.333. The SMILES string of the molecule is COc1ccc(C(=O)Nc2cc(C(=O)NC3CCC3)ccc2C)cc1OC. The molecule has 0 aromatic heterocycles. The molecule has 27 heavy (non-hydrogen) atoms. The number of nitrogens with one attached hydrogen (secondary N) is 2. The zero-order chi connectivity index (χ0) is 19.4. The predicted molar refractivity (Wildman–Crippen MR) is 104 cm³/mol. The zero-order valence-corrected chi connectivity index (χ0v) is 15.8. The van der Waals surface area contributed by atoms with Crippen molar-refractivity contribution in [2.75, 3.05) is 19.5 Å². The summed E-state index contributed by atoms with van der Waals surface area (Å²) in [6, 6.07) is 10.6. The third-order valence-electron chi connectivity index (χ3n) is 4.83. The molecule has 6 nitrogen and oxygen atoms in total. The molecule has 0 atom stereocenters. The number of anilines is 1. The van der Waals surface area contributed by atoms with Gasteiger partial charge in [0.1, 0.15) is 0 Å². The van der Waals surface area contributed by atoms with E-state index in [1.165, 1.54) is 7.11 Å². The van der Waals surface area contributed by atoms with Gasteiger partial charge in [-0.15, -0.1) is 0 Å². The monoisotopic (exact) mass is 368 g/mol. The van der Waals surface area contributed by atoms with E-state index < -0.39 is 0 Å². The van der Waals surface area contributed by atoms with E-state index in [1.807, 2.05) is 13.0 Å². The number of aryl methyl sites for hydroxylation is 1. The van der Waals surface area contributed by atoms with Crippen molar-refractivity contribution in [3.63, 3.8) is 0 Å². The topological polar surface area (TPSA) is 76.7 Å². The molecule has 6 heteroatoms. The highest BCUT2D eigenvalue weighted by Crippen LogP contribution is 2.28. The van der Waals surface area contributed by atoms with Gasteiger partial charge < -0.3 is 20.1 Å². The molecule has 2 N–H and O–H groups in total. The Labute approximate surface area is 158 Å². The van der Waals surface area contributed by atoms with E-state index in [1.54, 1.807) is 37.4 Å². The molecule has 2 amide bonds. The molecule has 2 aromatic carbocycles. The van der Waals surface area contributed by atoms with Crippen molar-refractivity contribution in [3.05, 3.63) is 53.1 Å². The average Bonchev–Trinajstić information content (AvgIpc) is 2.65. The second-order valence-electron chi connectivity index (χ2n) is 6.65. The van der Waals surface area contributed by atoms with E-state index >= 15 is 0 Å². The van der Waals surface area contributed by atoms with Gasteiger partial charge in [-0.1, -0.05) is 6.07 Å². The lowest BCUT2D eigenvalue weighted by atomic mass is 9.93. The Hall–Kier alpha value is -3.02. The van der Waals surface area contributed by atoms with E-state index in [2.05, 4.69) is 10.6 Å². The first kappa shape index (κ1) is 18.8. The van der Waals surface area contributed by atoms with Crippen molar-refractivity contribution in [1.82, 2.24) is 5.32 Å². The Bertz CT molecular complexity index is 859. The van der Waals surface area contributed by atoms with Crippen LogP contribution in [0, 0.1) is 6.92 Å². The van der Waals surface area contributed by atoms with Gasteiger partial charge in [0.25, 0.3) is 11.8 Å². The molecule has 0 radical (unpaired) electrons. The standard InChI is InChI=1S/C21H24N2O4/c1-13-7-8-14(20(24)22-16-5-4-6-16)11-17(13)23-21(25)15-9-10-18(26-2)19(12-15)27-3/h7-12,16H,4-6H2,1-3H3,(H,22,24)(H,23,25). The highest BCUT2D eigenvalue weighted by atomic mass is 16.5. The Morgan fingerprint density at radius 3 is 2.22 bits per heavy atom. The van der Waals surface area contributed by atoms with Crippen LogP contribution in [0.5, 0.6) is 11.5 Å². The van der Waals surface area contributed by atoms with Gasteiger partial charge in [0.2, 0.25) is 0 Å². The number of hydrogen-bond donors (Lipinski definition) is 2. The molecule has 1 saturated carbocycles. The van der Waals surface area contributed by atoms with Gasteiger partial charge in [-0.05, 0) is 62.1 Å². The number of carbonyl (C=O) groups is 2. The maximum Gasteiger partial charge on any atom is 0.255 e. The van der Waals surface area contributed by atoms with Gasteiger partial charge >= 0.3 is 0 Å². The molecule has 0 unspecified atom stereocenters. The van der Waals surface area contributed by atoms with E-state index in [0.717, 1.165) is 24.8 Å². The summed E-state index contributed by atoms with van der Waals surface area (Å²) in [5.41, 5.74) is 2.46. The van der Waals surface area contributed by atoms with Crippen LogP contribution in [0.2, 0.25) is 0 Å². The first-order chi connectivity index (χ1) is 13.0. The number of ether oxygens (including phenoxy) is 2. The van der Waals surface area contributed by atoms with Crippen molar-refractivity contribution >= 4 is 17.5 Å². The van der Waals surface area contributed by atoms with E-state index in [9.17, 15) is 9.59 Å². The van der Waals surface area contributed by atoms with Crippen LogP contribution in [-0.4, -0.2) is 32.1 Å². The van der Waals surface area contributed by atoms with Crippen molar-refractivity contribution in [3.8, 4) is 11.5 Å². The van der Waals surface area contributed by atoms with Crippen molar-refractivity contribution in [2.24, 2.45) is 0 Å². The second kappa shape index (κ2) is 8.12. The quantitative estimate of drug-likeness (QED) is 0.818. The fourth-order valence-electron chi connectivity index (χ4n) is 2.89. The molecule has 1 aliphatic carbocycles. The summed E-state index contributed by atoms with van der Waals surface area (Å²) in [4.78, 5) is 25.0. The average molecular weight is 368 g/mol. The van der Waals surface area contributed by atoms with Gasteiger partial charge in [-0.3, -0.25) is 9.59 Å². The fourth-order valence-corrected chi connectivity index (χ4v) is 2.89. The molecule has 0 saturated heterocycles. The van der Waals surface area contributed by atoms with Crippen molar-refractivity contribution in [2.45, 2.75) is 32.2 Å². The van der Waals surface area contributed by atoms with Crippen LogP contribution in [0.4, 0.5) is 5.69 Å². The van der Waals surface area contributed by atoms with Crippen LogP contribution in [0.3, 0.4) is 0 Å². The molecule has 3 rings (SSSR count). The summed E-state index contributed by atoms with van der Waals surface area (Å²) in [7, 11) is 3.06. The summed E-state index contributed by atoms with van der Waals surface area (Å²) >= 11 is 0. The van der Waals surface area contributed by atoms with Gasteiger partial charge in [-0.25, -0.2) is 0 Å². The van der Waals surface area contributed by atoms with Crippen LogP contribution in [-0.2, 0) is 0 Å². The minimum absolute atomic E-state index is 0.110. The lowest BCUT2D eigenvalue weighted by Crippen LogP contribution is -2.39. The minimum Gasteiger partial charge on any atom is -0.493 e. The highest BCUT2D eigenvalue weighted by Gasteiger charge is 2.20. The molecule has 0 aliphatic heterocycles. The van der Waals surface area contributed by atoms with Gasteiger partial charge in [0.15, 0.2) is 11.5 Å². The van der Waals surface area contributed by atoms with E-state index in [-0.39, 0.29) is 17.9 Å². The first-order valence-electron chi connectivity index (χ1n) is 8.96. The number of amides is 2. The summed E-state index contributed by atoms with van der Waals surface area (Å²) in [5.74, 6) is 0.646. The molecule has 1 aliphatic rings. The summed E-state index contributed by atoms with van der Waals surface area (Å²) < 4.78 is 10.4. The molecule has 1 fully saturated rings. The number of carbonyl (C=O) groups excluding carboxylic acids is 2. The van der Waals surface area contributed by atoms with Crippen LogP contribution in [0.1, 0.15) is 45.5 Å². The molecular weight excluding hydrogens is 344 g/mol. The lowest BCUT2D eigenvalue weighted by Gasteiger charge is -2.26. The van der Waals surface area contributed by atoms with Gasteiger partial charge in [0.05, 0.1) is 14.2 Å². The van der Waals surface area contributed by atoms with E-state index in [0.29, 0.717) is 28.3 Å². The van der Waals surface area contributed by atoms with E-state index in [4.69, 9.17) is 9.47 Å². The molecule has 0 spiro atoms. The number of rotatable bonds is 6. The van der Waals surface area contributed by atoms with Crippen LogP contribution in [0.15, 0.2) is 36.4 Å². The third kappa shape index (κ3) is 4.22. The Morgan fingerprint density at radius 1 is 0.926 bits per heavy atom. The molecule has 2 aromatic rings. The smallest absolute Gasteiger partial charge is 0.255 e. The Morgan fingerprint density at radius 2 is 1.59 bits per heavy atom. The Kier molecular flexibility index (Phi) is 5.64. The number of hydrogen-bond acceptors (Lipinski definition) is 4. The third-order valence-corrected chi connectivity index (χ3v) is 4.83. The maximum atomic E-state index is 12.6. The van der Waals surface area contributed by atoms with Crippen LogP contribution < -0.4 is 20.1 Å². The Balaban J connectivity index is 1.77. The molecular formula is C21H24N2O4. The number of benzene rings is 2. The second-order valence-corrected chi connectivity index (χ2v) is 6.65. The van der Waals surface area contributed by atoms with Gasteiger partial charge in [0, 0.05) is 22.9 Å². The molecule has 0 bridgehead atoms. The van der Waals surface area contributed by atoms with Crippen LogP contribution >= 0.6 is 0 Å². The maximum absolute atomic E-state index is 12.6. The molecule has 0 heterocycles. The largest absolute Gasteiger partial charge is 0.493 e. The van der Waals surface area contributed by atoms with Gasteiger partial charge in [-0.2, -0.15) is 0 Å². The predicted octanol–water partition coefficient (Wildman–Crippen LogP) is 3.55. The summed E-state index contributed by atoms with van der Waals surface area (Å²) in [5, 5.41) is 5.89. The first-order valence-corrected chi connectivity index (χ1v) is 8.96. The van der Waals surface area contributed by atoms with Crippen molar-refractivity contribution in [1.29, 1.82) is 0 Å². The van der Waals surface area contributed by atoms with Crippen molar-refractivity contribution < 1.29 is 19.1 Å². The molecule has 142 valence electrons. The summed E-state index contributed by atoms with van der Waals surface area (Å²) in [6.07, 6.45) is 3.21. The minimum atomic E-state index is -0.282. The summed E-state index contributed by atoms with van der Waals surface area (Å²) in [6.45, 7) is 1.89. The number of methoxy groups -OCH3 is 2. The lowest BCUT2D eigenvalue weighted by molar-refractivity contribution is 0.0916. The zero-order valence-electron chi connectivity index (χ0n) is 15.8.